The number of halogens is 1. The van der Waals surface area contributed by atoms with Crippen molar-refractivity contribution in [3.05, 3.63) is 49.9 Å². The van der Waals surface area contributed by atoms with Gasteiger partial charge in [0, 0.05) is 39.7 Å². The predicted octanol–water partition coefficient (Wildman–Crippen LogP) is 4.62. The monoisotopic (exact) mass is 575 g/mol. The van der Waals surface area contributed by atoms with Gasteiger partial charge in [0.25, 0.3) is 11.5 Å². The second-order valence-electron chi connectivity index (χ2n) is 11.3. The van der Waals surface area contributed by atoms with Crippen molar-refractivity contribution in [1.82, 2.24) is 15.6 Å². The molecule has 3 N–H and O–H groups in total. The highest BCUT2D eigenvalue weighted by Crippen LogP contribution is 2.48. The normalized spacial score (nSPS) is 24.7. The lowest BCUT2D eigenvalue weighted by Gasteiger charge is -2.44. The van der Waals surface area contributed by atoms with E-state index in [9.17, 15) is 9.59 Å². The van der Waals surface area contributed by atoms with E-state index < -0.39 is 5.60 Å². The summed E-state index contributed by atoms with van der Waals surface area (Å²) in [4.78, 5) is 29.5. The van der Waals surface area contributed by atoms with Gasteiger partial charge in [0.15, 0.2) is 11.5 Å². The number of aromatic nitrogens is 1. The van der Waals surface area contributed by atoms with Crippen LogP contribution in [-0.2, 0) is 11.3 Å². The fraction of sp³-hybridized carbons (Fsp3) is 0.586. The number of rotatable bonds is 8. The molecule has 212 valence electrons. The Bertz CT molecular complexity index is 1290. The van der Waals surface area contributed by atoms with Crippen molar-refractivity contribution in [3.63, 3.8) is 0 Å². The van der Waals surface area contributed by atoms with Gasteiger partial charge in [-0.3, -0.25) is 9.59 Å². The molecule has 1 saturated carbocycles. The maximum absolute atomic E-state index is 13.3. The zero-order chi connectivity index (χ0) is 27.7. The zero-order valence-electron chi connectivity index (χ0n) is 23.1. The van der Waals surface area contributed by atoms with Crippen molar-refractivity contribution in [3.8, 4) is 11.5 Å². The maximum atomic E-state index is 13.3. The Morgan fingerprint density at radius 3 is 2.59 bits per heavy atom. The molecular weight excluding hydrogens is 538 g/mol. The number of hydrogen-bond donors (Lipinski definition) is 3. The Kier molecular flexibility index (Phi) is 8.52. The fourth-order valence-electron chi connectivity index (χ4n) is 5.84. The molecule has 1 unspecified atom stereocenters. The van der Waals surface area contributed by atoms with E-state index in [1.54, 1.807) is 6.07 Å². The molecule has 1 saturated heterocycles. The quantitative estimate of drug-likeness (QED) is 0.395. The standard InChI is InChI=1S/C29H38ClN3O5S/c1-16-9-24(39-4)22(28(35)33-16)12-32-27(34)21-10-23(30)26-25(17(21)2)38-29(3,15-37-26)19-7-5-18(6-8-19)11-31-20-13-36-14-20/h9-10,18-20,31H,5-8,11-15H2,1-4H3,(H,32,34)(H,33,35). The lowest BCUT2D eigenvalue weighted by Crippen LogP contribution is -2.51. The van der Waals surface area contributed by atoms with Gasteiger partial charge in [0.05, 0.1) is 24.3 Å². The molecule has 39 heavy (non-hydrogen) atoms. The second kappa shape index (κ2) is 11.7. The molecule has 8 nitrogen and oxygen atoms in total. The Balaban J connectivity index is 1.27. The number of H-pyrrole nitrogens is 1. The minimum Gasteiger partial charge on any atom is -0.484 e. The SMILES string of the molecule is CSc1cc(C)[nH]c(=O)c1CNC(=O)c1cc(Cl)c2c(c1C)OC(C)(C1CCC(CNC3COC3)CC1)CO2. The first-order valence-corrected chi connectivity index (χ1v) is 15.3. The number of thioether (sulfide) groups is 1. The van der Waals surface area contributed by atoms with E-state index in [1.165, 1.54) is 11.8 Å². The molecule has 0 radical (unpaired) electrons. The molecule has 1 amide bonds. The summed E-state index contributed by atoms with van der Waals surface area (Å²) in [6.07, 6.45) is 6.34. The summed E-state index contributed by atoms with van der Waals surface area (Å²) in [6, 6.07) is 4.04. The lowest BCUT2D eigenvalue weighted by molar-refractivity contribution is -0.0556. The number of aryl methyl sites for hydroxylation is 1. The Hall–Kier alpha value is -2.20. The number of carbonyl (C=O) groups is 1. The van der Waals surface area contributed by atoms with Gasteiger partial charge in [0.2, 0.25) is 0 Å². The number of benzene rings is 1. The first-order chi connectivity index (χ1) is 18.7. The summed E-state index contributed by atoms with van der Waals surface area (Å²) in [5.41, 5.74) is 1.71. The molecule has 1 atom stereocenters. The van der Waals surface area contributed by atoms with Crippen LogP contribution in [-0.4, -0.2) is 55.2 Å². The van der Waals surface area contributed by atoms with Crippen LogP contribution in [0.4, 0.5) is 0 Å². The highest BCUT2D eigenvalue weighted by atomic mass is 35.5. The van der Waals surface area contributed by atoms with Crippen LogP contribution in [0.3, 0.4) is 0 Å². The van der Waals surface area contributed by atoms with E-state index in [2.05, 4.69) is 22.5 Å². The number of nitrogens with one attached hydrogen (secondary N) is 3. The number of hydrogen-bond acceptors (Lipinski definition) is 7. The van der Waals surface area contributed by atoms with Gasteiger partial charge in [-0.05, 0) is 77.3 Å². The third-order valence-corrected chi connectivity index (χ3v) is 9.53. The molecule has 2 fully saturated rings. The first-order valence-electron chi connectivity index (χ1n) is 13.7. The van der Waals surface area contributed by atoms with Crippen LogP contribution in [0.2, 0.25) is 5.02 Å². The van der Waals surface area contributed by atoms with E-state index in [-0.39, 0.29) is 18.0 Å². The fourth-order valence-corrected chi connectivity index (χ4v) is 6.79. The summed E-state index contributed by atoms with van der Waals surface area (Å²) >= 11 is 8.07. The number of carbonyl (C=O) groups excluding carboxylic acids is 1. The molecule has 1 aliphatic carbocycles. The van der Waals surface area contributed by atoms with Crippen LogP contribution in [0.25, 0.3) is 0 Å². The summed E-state index contributed by atoms with van der Waals surface area (Å²) in [5.74, 6) is 1.73. The van der Waals surface area contributed by atoms with Crippen LogP contribution in [0.1, 0.15) is 59.8 Å². The third kappa shape index (κ3) is 5.97. The minimum absolute atomic E-state index is 0.111. The van der Waals surface area contributed by atoms with Gasteiger partial charge in [-0.15, -0.1) is 11.8 Å². The molecule has 3 heterocycles. The number of ether oxygens (including phenoxy) is 3. The molecule has 0 spiro atoms. The summed E-state index contributed by atoms with van der Waals surface area (Å²) < 4.78 is 18.1. The zero-order valence-corrected chi connectivity index (χ0v) is 24.7. The maximum Gasteiger partial charge on any atom is 0.254 e. The molecule has 10 heteroatoms. The van der Waals surface area contributed by atoms with Crippen molar-refractivity contribution in [2.75, 3.05) is 32.6 Å². The van der Waals surface area contributed by atoms with Gasteiger partial charge in [0.1, 0.15) is 12.2 Å². The number of aromatic amines is 1. The van der Waals surface area contributed by atoms with Crippen molar-refractivity contribution < 1.29 is 19.0 Å². The molecule has 1 aromatic heterocycles. The van der Waals surface area contributed by atoms with Crippen molar-refractivity contribution in [2.24, 2.45) is 11.8 Å². The van der Waals surface area contributed by atoms with E-state index >= 15 is 0 Å². The molecule has 0 bridgehead atoms. The van der Waals surface area contributed by atoms with Crippen molar-refractivity contribution in [1.29, 1.82) is 0 Å². The minimum atomic E-state index is -0.501. The average molecular weight is 576 g/mol. The first kappa shape index (κ1) is 28.3. The van der Waals surface area contributed by atoms with Gasteiger partial charge in [-0.1, -0.05) is 11.6 Å². The highest BCUT2D eigenvalue weighted by molar-refractivity contribution is 7.98. The molecule has 5 rings (SSSR count). The van der Waals surface area contributed by atoms with Crippen molar-refractivity contribution >= 4 is 29.3 Å². The predicted molar refractivity (Wildman–Crippen MR) is 154 cm³/mol. The number of fused-ring (bicyclic) bond motifs is 1. The lowest BCUT2D eigenvalue weighted by atomic mass is 9.74. The van der Waals surface area contributed by atoms with Gasteiger partial charge in [-0.25, -0.2) is 0 Å². The number of amides is 1. The van der Waals surface area contributed by atoms with E-state index in [4.69, 9.17) is 25.8 Å². The van der Waals surface area contributed by atoms with Crippen LogP contribution in [0, 0.1) is 25.7 Å². The topological polar surface area (TPSA) is 102 Å². The Labute approximate surface area is 238 Å². The highest BCUT2D eigenvalue weighted by Gasteiger charge is 2.44. The van der Waals surface area contributed by atoms with E-state index in [1.807, 2.05) is 26.2 Å². The van der Waals surface area contributed by atoms with E-state index in [0.717, 1.165) is 56.0 Å². The van der Waals surface area contributed by atoms with Gasteiger partial charge < -0.3 is 29.8 Å². The molecular formula is C29H38ClN3O5S. The largest absolute Gasteiger partial charge is 0.484 e. The van der Waals surface area contributed by atoms with Crippen LogP contribution in [0.5, 0.6) is 11.5 Å². The summed E-state index contributed by atoms with van der Waals surface area (Å²) in [7, 11) is 0. The third-order valence-electron chi connectivity index (χ3n) is 8.44. The molecule has 2 aliphatic heterocycles. The van der Waals surface area contributed by atoms with E-state index in [0.29, 0.717) is 57.7 Å². The molecule has 2 aromatic rings. The van der Waals surface area contributed by atoms with Crippen LogP contribution in [0.15, 0.2) is 21.8 Å². The van der Waals surface area contributed by atoms with Gasteiger partial charge in [-0.2, -0.15) is 0 Å². The summed E-state index contributed by atoms with van der Waals surface area (Å²) in [6.45, 7) is 9.03. The van der Waals surface area contributed by atoms with Crippen LogP contribution >= 0.6 is 23.4 Å². The smallest absolute Gasteiger partial charge is 0.254 e. The molecule has 1 aromatic carbocycles. The second-order valence-corrected chi connectivity index (χ2v) is 12.5. The van der Waals surface area contributed by atoms with Gasteiger partial charge >= 0.3 is 0 Å². The number of pyridine rings is 1. The molecule has 3 aliphatic rings. The van der Waals surface area contributed by atoms with Crippen LogP contribution < -0.4 is 25.7 Å². The Morgan fingerprint density at radius 2 is 1.92 bits per heavy atom. The van der Waals surface area contributed by atoms with Crippen molar-refractivity contribution in [2.45, 2.75) is 69.5 Å². The Morgan fingerprint density at radius 1 is 1.18 bits per heavy atom. The average Bonchev–Trinajstić information content (AvgIpc) is 2.89. The summed E-state index contributed by atoms with van der Waals surface area (Å²) in [5, 5.41) is 6.86.